The first kappa shape index (κ1) is 14.2. The van der Waals surface area contributed by atoms with Crippen LogP contribution in [0.25, 0.3) is 0 Å². The van der Waals surface area contributed by atoms with Crippen molar-refractivity contribution in [2.45, 2.75) is 20.3 Å². The highest BCUT2D eigenvalue weighted by molar-refractivity contribution is 5.61. The summed E-state index contributed by atoms with van der Waals surface area (Å²) in [6, 6.07) is 3.70. The molecule has 0 amide bonds. The topological polar surface area (TPSA) is 49.8 Å². The lowest BCUT2D eigenvalue weighted by molar-refractivity contribution is 0.590. The van der Waals surface area contributed by atoms with Gasteiger partial charge in [0.1, 0.15) is 23.1 Å². The maximum atomic E-state index is 13.6. The molecule has 2 N–H and O–H groups in total. The van der Waals surface area contributed by atoms with Crippen LogP contribution in [0, 0.1) is 18.6 Å². The van der Waals surface area contributed by atoms with Gasteiger partial charge in [-0.1, -0.05) is 13.0 Å². The fourth-order valence-corrected chi connectivity index (χ4v) is 1.63. The van der Waals surface area contributed by atoms with Crippen LogP contribution in [0.5, 0.6) is 0 Å². The molecule has 0 fully saturated rings. The van der Waals surface area contributed by atoms with E-state index in [2.05, 4.69) is 20.6 Å². The van der Waals surface area contributed by atoms with E-state index in [4.69, 9.17) is 0 Å². The zero-order chi connectivity index (χ0) is 14.5. The molecule has 0 unspecified atom stereocenters. The van der Waals surface area contributed by atoms with Crippen LogP contribution < -0.4 is 10.6 Å². The Hall–Kier alpha value is -2.24. The van der Waals surface area contributed by atoms with E-state index in [9.17, 15) is 8.78 Å². The SMILES string of the molecule is CCCNc1ncc(C)c(Nc2c(F)cccc2F)n1. The molecule has 2 rings (SSSR count). The fraction of sp³-hybridized carbons (Fsp3) is 0.286. The number of anilines is 3. The summed E-state index contributed by atoms with van der Waals surface area (Å²) < 4.78 is 27.2. The molecule has 0 aliphatic carbocycles. The predicted molar refractivity (Wildman–Crippen MR) is 75.2 cm³/mol. The predicted octanol–water partition coefficient (Wildman–Crippen LogP) is 3.63. The molecule has 0 radical (unpaired) electrons. The number of nitrogens with zero attached hydrogens (tertiary/aromatic N) is 2. The lowest BCUT2D eigenvalue weighted by Crippen LogP contribution is -2.08. The first-order valence-electron chi connectivity index (χ1n) is 6.40. The van der Waals surface area contributed by atoms with E-state index in [-0.39, 0.29) is 5.69 Å². The zero-order valence-corrected chi connectivity index (χ0v) is 11.4. The fourth-order valence-electron chi connectivity index (χ4n) is 1.63. The van der Waals surface area contributed by atoms with Gasteiger partial charge in [0.2, 0.25) is 5.95 Å². The van der Waals surface area contributed by atoms with Crippen LogP contribution in [0.1, 0.15) is 18.9 Å². The number of aromatic nitrogens is 2. The minimum Gasteiger partial charge on any atom is -0.354 e. The molecule has 0 saturated carbocycles. The van der Waals surface area contributed by atoms with E-state index >= 15 is 0 Å². The second-order valence-electron chi connectivity index (χ2n) is 4.37. The van der Waals surface area contributed by atoms with Gasteiger partial charge in [-0.15, -0.1) is 0 Å². The van der Waals surface area contributed by atoms with E-state index < -0.39 is 11.6 Å². The van der Waals surface area contributed by atoms with Crippen LogP contribution in [0.2, 0.25) is 0 Å². The molecule has 4 nitrogen and oxygen atoms in total. The summed E-state index contributed by atoms with van der Waals surface area (Å²) in [4.78, 5) is 8.33. The normalized spacial score (nSPS) is 10.4. The summed E-state index contributed by atoms with van der Waals surface area (Å²) >= 11 is 0. The summed E-state index contributed by atoms with van der Waals surface area (Å²) in [5, 5.41) is 5.71. The van der Waals surface area contributed by atoms with Crippen molar-refractivity contribution in [1.29, 1.82) is 0 Å². The Morgan fingerprint density at radius 2 is 1.90 bits per heavy atom. The molecule has 1 aromatic carbocycles. The molecular formula is C14H16F2N4. The maximum Gasteiger partial charge on any atom is 0.224 e. The zero-order valence-electron chi connectivity index (χ0n) is 11.4. The number of benzene rings is 1. The number of hydrogen-bond acceptors (Lipinski definition) is 4. The highest BCUT2D eigenvalue weighted by Crippen LogP contribution is 2.24. The highest BCUT2D eigenvalue weighted by atomic mass is 19.1. The Morgan fingerprint density at radius 3 is 2.55 bits per heavy atom. The van der Waals surface area contributed by atoms with Gasteiger partial charge in [0.25, 0.3) is 0 Å². The largest absolute Gasteiger partial charge is 0.354 e. The Labute approximate surface area is 116 Å². The lowest BCUT2D eigenvalue weighted by Gasteiger charge is -2.11. The van der Waals surface area contributed by atoms with Crippen LogP contribution in [0.15, 0.2) is 24.4 Å². The summed E-state index contributed by atoms with van der Waals surface area (Å²) in [6.45, 7) is 4.52. The molecule has 0 atom stereocenters. The molecule has 0 bridgehead atoms. The van der Waals surface area contributed by atoms with Gasteiger partial charge < -0.3 is 10.6 Å². The molecule has 1 heterocycles. The number of halogens is 2. The third kappa shape index (κ3) is 3.20. The standard InChI is InChI=1S/C14H16F2N4/c1-3-7-17-14-18-8-9(2)13(20-14)19-12-10(15)5-4-6-11(12)16/h4-6,8H,3,7H2,1-2H3,(H2,17,18,19,20). The van der Waals surface area contributed by atoms with E-state index in [0.29, 0.717) is 17.3 Å². The molecule has 106 valence electrons. The van der Waals surface area contributed by atoms with E-state index in [1.807, 2.05) is 6.92 Å². The van der Waals surface area contributed by atoms with Gasteiger partial charge in [-0.2, -0.15) is 4.98 Å². The lowest BCUT2D eigenvalue weighted by atomic mass is 10.2. The van der Waals surface area contributed by atoms with Crippen molar-refractivity contribution in [3.05, 3.63) is 41.6 Å². The van der Waals surface area contributed by atoms with Crippen molar-refractivity contribution in [3.63, 3.8) is 0 Å². The van der Waals surface area contributed by atoms with Crippen molar-refractivity contribution >= 4 is 17.5 Å². The molecule has 0 aliphatic heterocycles. The number of aryl methyl sites for hydroxylation is 1. The average Bonchev–Trinajstić information content (AvgIpc) is 2.43. The minimum absolute atomic E-state index is 0.212. The molecule has 0 aliphatic rings. The summed E-state index contributed by atoms with van der Waals surface area (Å²) in [5.41, 5.74) is 0.491. The summed E-state index contributed by atoms with van der Waals surface area (Å²) in [6.07, 6.45) is 2.54. The summed E-state index contributed by atoms with van der Waals surface area (Å²) in [7, 11) is 0. The Morgan fingerprint density at radius 1 is 1.20 bits per heavy atom. The maximum absolute atomic E-state index is 13.6. The summed E-state index contributed by atoms with van der Waals surface area (Å²) in [5.74, 6) is -0.517. The Balaban J connectivity index is 2.28. The van der Waals surface area contributed by atoms with Crippen LogP contribution in [0.4, 0.5) is 26.2 Å². The second kappa shape index (κ2) is 6.27. The molecule has 6 heteroatoms. The van der Waals surface area contributed by atoms with Gasteiger partial charge in [-0.3, -0.25) is 0 Å². The number of rotatable bonds is 5. The minimum atomic E-state index is -0.661. The Bertz CT molecular complexity index is 581. The van der Waals surface area contributed by atoms with Crippen LogP contribution in [0.3, 0.4) is 0 Å². The van der Waals surface area contributed by atoms with Gasteiger partial charge >= 0.3 is 0 Å². The first-order chi connectivity index (χ1) is 9.61. The van der Waals surface area contributed by atoms with Gasteiger partial charge in [-0.05, 0) is 25.5 Å². The van der Waals surface area contributed by atoms with Crippen molar-refractivity contribution in [1.82, 2.24) is 9.97 Å². The van der Waals surface area contributed by atoms with Crippen LogP contribution >= 0.6 is 0 Å². The van der Waals surface area contributed by atoms with Crippen molar-refractivity contribution in [2.75, 3.05) is 17.2 Å². The number of para-hydroxylation sites is 1. The molecule has 1 aromatic heterocycles. The number of hydrogen-bond donors (Lipinski definition) is 2. The molecule has 2 aromatic rings. The average molecular weight is 278 g/mol. The Kier molecular flexibility index (Phi) is 4.45. The molecule has 0 spiro atoms. The van der Waals surface area contributed by atoms with Crippen molar-refractivity contribution < 1.29 is 8.78 Å². The van der Waals surface area contributed by atoms with Gasteiger partial charge in [-0.25, -0.2) is 13.8 Å². The van der Waals surface area contributed by atoms with Crippen LogP contribution in [-0.2, 0) is 0 Å². The van der Waals surface area contributed by atoms with E-state index in [1.165, 1.54) is 18.2 Å². The monoisotopic (exact) mass is 278 g/mol. The first-order valence-corrected chi connectivity index (χ1v) is 6.40. The molecule has 0 saturated heterocycles. The van der Waals surface area contributed by atoms with Gasteiger partial charge in [0.15, 0.2) is 0 Å². The third-order valence-electron chi connectivity index (χ3n) is 2.71. The van der Waals surface area contributed by atoms with E-state index in [0.717, 1.165) is 13.0 Å². The smallest absolute Gasteiger partial charge is 0.224 e. The quantitative estimate of drug-likeness (QED) is 0.877. The molecular weight excluding hydrogens is 262 g/mol. The van der Waals surface area contributed by atoms with Crippen molar-refractivity contribution in [3.8, 4) is 0 Å². The second-order valence-corrected chi connectivity index (χ2v) is 4.37. The van der Waals surface area contributed by atoms with Gasteiger partial charge in [0, 0.05) is 18.3 Å². The third-order valence-corrected chi connectivity index (χ3v) is 2.71. The van der Waals surface area contributed by atoms with E-state index in [1.54, 1.807) is 13.1 Å². The highest BCUT2D eigenvalue weighted by Gasteiger charge is 2.11. The van der Waals surface area contributed by atoms with Crippen molar-refractivity contribution in [2.24, 2.45) is 0 Å². The van der Waals surface area contributed by atoms with Crippen LogP contribution in [-0.4, -0.2) is 16.5 Å². The molecule has 20 heavy (non-hydrogen) atoms. The van der Waals surface area contributed by atoms with Gasteiger partial charge in [0.05, 0.1) is 0 Å². The number of nitrogens with one attached hydrogen (secondary N) is 2.